The Morgan fingerprint density at radius 3 is 2.69 bits per heavy atom. The van der Waals surface area contributed by atoms with Gasteiger partial charge < -0.3 is 15.5 Å². The van der Waals surface area contributed by atoms with Crippen molar-refractivity contribution < 1.29 is 4.79 Å². The molecule has 0 aliphatic rings. The van der Waals surface area contributed by atoms with Gasteiger partial charge in [-0.15, -0.1) is 0 Å². The van der Waals surface area contributed by atoms with E-state index >= 15 is 0 Å². The molecule has 1 amide bonds. The van der Waals surface area contributed by atoms with Gasteiger partial charge in [0.2, 0.25) is 0 Å². The average molecular weight is 390 g/mol. The molecule has 0 bridgehead atoms. The third kappa shape index (κ3) is 3.27. The monoisotopic (exact) mass is 390 g/mol. The van der Waals surface area contributed by atoms with Gasteiger partial charge in [-0.05, 0) is 31.3 Å². The number of anilines is 1. The van der Waals surface area contributed by atoms with E-state index in [-0.39, 0.29) is 5.91 Å². The summed E-state index contributed by atoms with van der Waals surface area (Å²) in [5.41, 5.74) is 4.73. The summed E-state index contributed by atoms with van der Waals surface area (Å²) in [6.07, 6.45) is 3.56. The third-order valence-corrected chi connectivity index (χ3v) is 5.43. The molecule has 0 radical (unpaired) electrons. The van der Waals surface area contributed by atoms with Crippen LogP contribution in [0.2, 0.25) is 0 Å². The minimum atomic E-state index is -0.132. The Bertz CT molecular complexity index is 1180. The van der Waals surface area contributed by atoms with Crippen LogP contribution in [0.15, 0.2) is 42.7 Å². The predicted molar refractivity (Wildman–Crippen MR) is 118 cm³/mol. The molecule has 0 fully saturated rings. The number of likely N-dealkylation sites (N-methyl/N-ethyl adjacent to an activating group) is 1. The van der Waals surface area contributed by atoms with Crippen LogP contribution in [0.5, 0.6) is 0 Å². The first-order valence-corrected chi connectivity index (χ1v) is 10.0. The van der Waals surface area contributed by atoms with Crippen LogP contribution in [0.25, 0.3) is 27.6 Å². The molecule has 29 heavy (non-hydrogen) atoms. The fraction of sp³-hybridized carbons (Fsp3) is 0.318. The van der Waals surface area contributed by atoms with Gasteiger partial charge in [-0.1, -0.05) is 26.0 Å². The number of nitrogens with zero attached hydrogens (tertiary/aromatic N) is 4. The maximum Gasteiger partial charge on any atom is 0.257 e. The van der Waals surface area contributed by atoms with Gasteiger partial charge in [0, 0.05) is 37.9 Å². The molecule has 2 N–H and O–H groups in total. The summed E-state index contributed by atoms with van der Waals surface area (Å²) < 4.78 is 2.05. The van der Waals surface area contributed by atoms with Gasteiger partial charge in [-0.3, -0.25) is 14.2 Å². The number of fused-ring (bicyclic) bond motifs is 5. The molecule has 0 saturated heterocycles. The van der Waals surface area contributed by atoms with Gasteiger partial charge >= 0.3 is 0 Å². The van der Waals surface area contributed by atoms with Crippen LogP contribution in [0.3, 0.4) is 0 Å². The largest absolute Gasteiger partial charge is 0.387 e. The number of para-hydroxylation sites is 2. The highest BCUT2D eigenvalue weighted by molar-refractivity contribution is 6.13. The minimum Gasteiger partial charge on any atom is -0.387 e. The summed E-state index contributed by atoms with van der Waals surface area (Å²) >= 11 is 0. The lowest BCUT2D eigenvalue weighted by Crippen LogP contribution is -2.35. The second-order valence-electron chi connectivity index (χ2n) is 6.94. The molecule has 1 aromatic carbocycles. The molecule has 0 aliphatic heterocycles. The Morgan fingerprint density at radius 2 is 1.93 bits per heavy atom. The van der Waals surface area contributed by atoms with Crippen molar-refractivity contribution in [3.63, 3.8) is 0 Å². The quantitative estimate of drug-likeness (QED) is 0.507. The van der Waals surface area contributed by atoms with E-state index in [2.05, 4.69) is 34.4 Å². The van der Waals surface area contributed by atoms with Crippen LogP contribution in [-0.2, 0) is 0 Å². The smallest absolute Gasteiger partial charge is 0.257 e. The Balaban J connectivity index is 1.88. The Kier molecular flexibility index (Phi) is 5.31. The standard InChI is InChI=1S/C22H26N6O/c1-4-27(5-2)13-12-25-22(29)19-20(23-3)15-14-24-11-10-17(15)28-18-9-7-6-8-16(18)26-21(19)28/h6-11,14,23H,4-5,12-13H2,1-3H3,(H,25,29). The third-order valence-electron chi connectivity index (χ3n) is 5.43. The number of hydrogen-bond donors (Lipinski definition) is 2. The fourth-order valence-corrected chi connectivity index (χ4v) is 3.89. The van der Waals surface area contributed by atoms with E-state index in [1.807, 2.05) is 41.8 Å². The van der Waals surface area contributed by atoms with Gasteiger partial charge in [0.1, 0.15) is 5.56 Å². The van der Waals surface area contributed by atoms with Crippen molar-refractivity contribution >= 4 is 39.2 Å². The Labute approximate surface area is 169 Å². The van der Waals surface area contributed by atoms with E-state index in [9.17, 15) is 4.79 Å². The van der Waals surface area contributed by atoms with Crippen molar-refractivity contribution in [1.82, 2.24) is 24.6 Å². The highest BCUT2D eigenvalue weighted by atomic mass is 16.1. The van der Waals surface area contributed by atoms with Crippen molar-refractivity contribution in [2.45, 2.75) is 13.8 Å². The van der Waals surface area contributed by atoms with Gasteiger partial charge in [0.05, 0.1) is 22.2 Å². The van der Waals surface area contributed by atoms with Crippen molar-refractivity contribution in [1.29, 1.82) is 0 Å². The first-order chi connectivity index (χ1) is 14.2. The zero-order chi connectivity index (χ0) is 20.4. The number of hydrogen-bond acceptors (Lipinski definition) is 5. The number of benzene rings is 1. The minimum absolute atomic E-state index is 0.132. The maximum atomic E-state index is 13.3. The second-order valence-corrected chi connectivity index (χ2v) is 6.94. The molecule has 7 nitrogen and oxygen atoms in total. The molecule has 3 aromatic heterocycles. The van der Waals surface area contributed by atoms with Crippen LogP contribution in [0, 0.1) is 0 Å². The molecule has 0 atom stereocenters. The Morgan fingerprint density at radius 1 is 1.14 bits per heavy atom. The molecule has 3 heterocycles. The maximum absolute atomic E-state index is 13.3. The van der Waals surface area contributed by atoms with Gasteiger partial charge in [-0.2, -0.15) is 0 Å². The molecule has 7 heteroatoms. The number of nitrogens with one attached hydrogen (secondary N) is 2. The second kappa shape index (κ2) is 8.05. The molecular weight excluding hydrogens is 364 g/mol. The summed E-state index contributed by atoms with van der Waals surface area (Å²) in [5.74, 6) is -0.132. The number of carbonyl (C=O) groups is 1. The highest BCUT2D eigenvalue weighted by Gasteiger charge is 2.22. The molecule has 0 unspecified atom stereocenters. The predicted octanol–water partition coefficient (Wildman–Crippen LogP) is 3.15. The summed E-state index contributed by atoms with van der Waals surface area (Å²) in [6, 6.07) is 9.90. The molecule has 0 aliphatic carbocycles. The first-order valence-electron chi connectivity index (χ1n) is 10.0. The summed E-state index contributed by atoms with van der Waals surface area (Å²) in [6.45, 7) is 7.58. The van der Waals surface area contributed by atoms with Crippen LogP contribution < -0.4 is 10.6 Å². The Hall–Kier alpha value is -3.19. The molecule has 4 rings (SSSR count). The molecule has 0 saturated carbocycles. The van der Waals surface area contributed by atoms with Crippen molar-refractivity contribution in [2.75, 3.05) is 38.5 Å². The van der Waals surface area contributed by atoms with Gasteiger partial charge in [-0.25, -0.2) is 4.98 Å². The van der Waals surface area contributed by atoms with E-state index in [1.165, 1.54) is 0 Å². The fourth-order valence-electron chi connectivity index (χ4n) is 3.89. The molecule has 0 spiro atoms. The van der Waals surface area contributed by atoms with Gasteiger partial charge in [0.15, 0.2) is 5.65 Å². The number of rotatable bonds is 7. The van der Waals surface area contributed by atoms with E-state index < -0.39 is 0 Å². The van der Waals surface area contributed by atoms with Crippen LogP contribution in [-0.4, -0.2) is 58.4 Å². The number of aromatic nitrogens is 3. The molecule has 4 aromatic rings. The SMILES string of the molecule is CCN(CC)CCNC(=O)c1c(NC)c2cnccc2n2c1nc1ccccc12. The average Bonchev–Trinajstić information content (AvgIpc) is 3.15. The van der Waals surface area contributed by atoms with Crippen molar-refractivity contribution in [3.05, 3.63) is 48.3 Å². The molecule has 150 valence electrons. The van der Waals surface area contributed by atoms with Crippen LogP contribution in [0.4, 0.5) is 5.69 Å². The lowest BCUT2D eigenvalue weighted by atomic mass is 10.1. The topological polar surface area (TPSA) is 74.6 Å². The zero-order valence-corrected chi connectivity index (χ0v) is 17.1. The van der Waals surface area contributed by atoms with Crippen LogP contribution >= 0.6 is 0 Å². The summed E-state index contributed by atoms with van der Waals surface area (Å²) in [7, 11) is 1.83. The number of pyridine rings is 2. The van der Waals surface area contributed by atoms with E-state index in [1.54, 1.807) is 12.4 Å². The van der Waals surface area contributed by atoms with Crippen molar-refractivity contribution in [3.8, 4) is 0 Å². The lowest BCUT2D eigenvalue weighted by molar-refractivity contribution is 0.0951. The first kappa shape index (κ1) is 19.1. The number of imidazole rings is 1. The lowest BCUT2D eigenvalue weighted by Gasteiger charge is -2.19. The normalized spacial score (nSPS) is 11.6. The van der Waals surface area contributed by atoms with Gasteiger partial charge in [0.25, 0.3) is 5.91 Å². The number of amides is 1. The zero-order valence-electron chi connectivity index (χ0n) is 17.1. The van der Waals surface area contributed by atoms with Crippen LogP contribution in [0.1, 0.15) is 24.2 Å². The van der Waals surface area contributed by atoms with Crippen molar-refractivity contribution in [2.24, 2.45) is 0 Å². The highest BCUT2D eigenvalue weighted by Crippen LogP contribution is 2.33. The van der Waals surface area contributed by atoms with E-state index in [0.717, 1.165) is 47.3 Å². The summed E-state index contributed by atoms with van der Waals surface area (Å²) in [4.78, 5) is 24.6. The van der Waals surface area contributed by atoms with E-state index in [4.69, 9.17) is 4.98 Å². The van der Waals surface area contributed by atoms with E-state index in [0.29, 0.717) is 17.8 Å². The summed E-state index contributed by atoms with van der Waals surface area (Å²) in [5, 5.41) is 7.18. The molecular formula is C22H26N6O. The number of carbonyl (C=O) groups excluding carboxylic acids is 1.